The molecule has 1 atom stereocenters. The second-order valence-corrected chi connectivity index (χ2v) is 6.19. The van der Waals surface area contributed by atoms with E-state index in [4.69, 9.17) is 4.74 Å². The predicted octanol–water partition coefficient (Wildman–Crippen LogP) is 5.50. The van der Waals surface area contributed by atoms with Gasteiger partial charge >= 0.3 is 12.3 Å². The Kier molecular flexibility index (Phi) is 7.75. The van der Waals surface area contributed by atoms with E-state index in [1.54, 1.807) is 37.3 Å². The Morgan fingerprint density at radius 3 is 2.31 bits per heavy atom. The Bertz CT molecular complexity index is 1010. The molecule has 32 heavy (non-hydrogen) atoms. The predicted molar refractivity (Wildman–Crippen MR) is 103 cm³/mol. The standard InChI is InChI=1S/C21H16F6N2O3/c1-2-31-17-6-4-3-5-16(17)29-18(30)14(12-28)11-13-7-9-15(10-8-13)32-21(26,27)19(22)20(23,24)25/h3-11,19H,2H2,1H3,(H,29,30)/b14-11+. The number of amides is 1. The summed E-state index contributed by atoms with van der Waals surface area (Å²) in [5.41, 5.74) is 0.145. The molecule has 1 amide bonds. The smallest absolute Gasteiger partial charge is 0.439 e. The Labute approximate surface area is 178 Å². The number of hydrogen-bond acceptors (Lipinski definition) is 4. The Morgan fingerprint density at radius 2 is 1.75 bits per heavy atom. The summed E-state index contributed by atoms with van der Waals surface area (Å²) < 4.78 is 85.3. The van der Waals surface area contributed by atoms with E-state index in [2.05, 4.69) is 10.1 Å². The van der Waals surface area contributed by atoms with Crippen LogP contribution in [0.1, 0.15) is 12.5 Å². The van der Waals surface area contributed by atoms with Crippen molar-refractivity contribution in [1.29, 1.82) is 5.26 Å². The zero-order valence-corrected chi connectivity index (χ0v) is 16.4. The van der Waals surface area contributed by atoms with E-state index in [1.807, 2.05) is 0 Å². The highest BCUT2D eigenvalue weighted by Crippen LogP contribution is 2.36. The van der Waals surface area contributed by atoms with Gasteiger partial charge in [-0.3, -0.25) is 4.79 Å². The van der Waals surface area contributed by atoms with Crippen LogP contribution in [0.2, 0.25) is 0 Å². The number of nitrogens with zero attached hydrogens (tertiary/aromatic N) is 1. The number of nitriles is 1. The number of rotatable bonds is 8. The van der Waals surface area contributed by atoms with Crippen LogP contribution in [-0.2, 0) is 4.79 Å². The van der Waals surface area contributed by atoms with Crippen molar-refractivity contribution < 1.29 is 40.6 Å². The van der Waals surface area contributed by atoms with E-state index in [9.17, 15) is 36.4 Å². The summed E-state index contributed by atoms with van der Waals surface area (Å²) in [6, 6.07) is 12.1. The lowest BCUT2D eigenvalue weighted by atomic mass is 10.1. The number of carbonyl (C=O) groups excluding carboxylic acids is 1. The molecule has 0 saturated carbocycles. The second kappa shape index (κ2) is 10.1. The third kappa shape index (κ3) is 6.41. The molecule has 2 rings (SSSR count). The summed E-state index contributed by atoms with van der Waals surface area (Å²) in [5, 5.41) is 11.8. The van der Waals surface area contributed by atoms with Gasteiger partial charge in [0.05, 0.1) is 12.3 Å². The molecule has 0 aliphatic heterocycles. The van der Waals surface area contributed by atoms with Crippen LogP contribution in [0.25, 0.3) is 6.08 Å². The van der Waals surface area contributed by atoms with Gasteiger partial charge in [-0.25, -0.2) is 4.39 Å². The molecule has 0 saturated heterocycles. The van der Waals surface area contributed by atoms with Crippen LogP contribution in [-0.4, -0.2) is 31.0 Å². The number of halogens is 6. The Hall–Kier alpha value is -3.68. The number of alkyl halides is 6. The summed E-state index contributed by atoms with van der Waals surface area (Å²) in [7, 11) is 0. The Balaban J connectivity index is 2.15. The number of hydrogen-bond donors (Lipinski definition) is 1. The highest BCUT2D eigenvalue weighted by molar-refractivity contribution is 6.10. The molecule has 11 heteroatoms. The zero-order chi connectivity index (χ0) is 23.9. The van der Waals surface area contributed by atoms with Crippen molar-refractivity contribution in [2.75, 3.05) is 11.9 Å². The van der Waals surface area contributed by atoms with Crippen LogP contribution >= 0.6 is 0 Å². The lowest BCUT2D eigenvalue weighted by molar-refractivity contribution is -0.304. The van der Waals surface area contributed by atoms with Crippen LogP contribution in [0.3, 0.4) is 0 Å². The fourth-order valence-corrected chi connectivity index (χ4v) is 2.39. The second-order valence-electron chi connectivity index (χ2n) is 6.19. The van der Waals surface area contributed by atoms with E-state index in [0.29, 0.717) is 18.0 Å². The molecule has 0 fully saturated rings. The monoisotopic (exact) mass is 458 g/mol. The zero-order valence-electron chi connectivity index (χ0n) is 16.4. The van der Waals surface area contributed by atoms with Crippen molar-refractivity contribution in [3.8, 4) is 17.6 Å². The molecule has 5 nitrogen and oxygen atoms in total. The minimum atomic E-state index is -5.80. The summed E-state index contributed by atoms with van der Waals surface area (Å²) in [4.78, 5) is 12.4. The fourth-order valence-electron chi connectivity index (χ4n) is 2.39. The highest BCUT2D eigenvalue weighted by atomic mass is 19.4. The molecule has 2 aromatic rings. The van der Waals surface area contributed by atoms with Crippen molar-refractivity contribution in [3.63, 3.8) is 0 Å². The maximum Gasteiger partial charge on any atom is 0.439 e. The minimum Gasteiger partial charge on any atom is -0.492 e. The first kappa shape index (κ1) is 24.6. The lowest BCUT2D eigenvalue weighted by Gasteiger charge is -2.23. The van der Waals surface area contributed by atoms with Crippen molar-refractivity contribution in [2.45, 2.75) is 25.4 Å². The molecule has 0 radical (unpaired) electrons. The van der Waals surface area contributed by atoms with Gasteiger partial charge in [-0.15, -0.1) is 0 Å². The summed E-state index contributed by atoms with van der Waals surface area (Å²) in [6.07, 6.45) is -14.3. The van der Waals surface area contributed by atoms with Crippen molar-refractivity contribution >= 4 is 17.7 Å². The van der Waals surface area contributed by atoms with Gasteiger partial charge in [0, 0.05) is 0 Å². The topological polar surface area (TPSA) is 71.3 Å². The lowest BCUT2D eigenvalue weighted by Crippen LogP contribution is -2.45. The van der Waals surface area contributed by atoms with Crippen LogP contribution in [0.15, 0.2) is 54.1 Å². The molecule has 0 aliphatic rings. The van der Waals surface area contributed by atoms with Gasteiger partial charge in [-0.2, -0.15) is 27.2 Å². The van der Waals surface area contributed by atoms with Gasteiger partial charge < -0.3 is 14.8 Å². The normalized spacial score (nSPS) is 13.1. The fraction of sp³-hybridized carbons (Fsp3) is 0.238. The van der Waals surface area contributed by atoms with Gasteiger partial charge in [0.25, 0.3) is 12.1 Å². The largest absolute Gasteiger partial charge is 0.492 e. The number of carbonyl (C=O) groups is 1. The van der Waals surface area contributed by atoms with Crippen LogP contribution < -0.4 is 14.8 Å². The van der Waals surface area contributed by atoms with E-state index in [-0.39, 0.29) is 11.1 Å². The van der Waals surface area contributed by atoms with Crippen molar-refractivity contribution in [2.24, 2.45) is 0 Å². The molecule has 2 aromatic carbocycles. The number of anilines is 1. The number of ether oxygens (including phenoxy) is 2. The molecule has 0 aliphatic carbocycles. The van der Waals surface area contributed by atoms with Gasteiger partial charge in [0.2, 0.25) is 0 Å². The minimum absolute atomic E-state index is 0.179. The summed E-state index contributed by atoms with van der Waals surface area (Å²) >= 11 is 0. The third-order valence-electron chi connectivity index (χ3n) is 3.83. The van der Waals surface area contributed by atoms with Crippen LogP contribution in [0.4, 0.5) is 32.0 Å². The average Bonchev–Trinajstić information content (AvgIpc) is 2.73. The van der Waals surface area contributed by atoms with Crippen molar-refractivity contribution in [1.82, 2.24) is 0 Å². The summed E-state index contributed by atoms with van der Waals surface area (Å²) in [5.74, 6) is -1.14. The molecule has 0 heterocycles. The highest BCUT2D eigenvalue weighted by Gasteiger charge is 2.59. The third-order valence-corrected chi connectivity index (χ3v) is 3.83. The SMILES string of the molecule is CCOc1ccccc1NC(=O)/C(C#N)=C/c1ccc(OC(F)(F)C(F)C(F)(F)F)cc1. The first-order valence-corrected chi connectivity index (χ1v) is 9.00. The first-order chi connectivity index (χ1) is 15.0. The number of para-hydroxylation sites is 2. The van der Waals surface area contributed by atoms with Crippen LogP contribution in [0.5, 0.6) is 11.5 Å². The molecule has 0 spiro atoms. The van der Waals surface area contributed by atoms with Gasteiger partial charge in [0.1, 0.15) is 23.1 Å². The van der Waals surface area contributed by atoms with Gasteiger partial charge in [-0.05, 0) is 42.8 Å². The molecular weight excluding hydrogens is 442 g/mol. The molecule has 0 bridgehead atoms. The van der Waals surface area contributed by atoms with E-state index in [0.717, 1.165) is 30.3 Å². The average molecular weight is 458 g/mol. The Morgan fingerprint density at radius 1 is 1.12 bits per heavy atom. The van der Waals surface area contributed by atoms with Crippen LogP contribution in [0, 0.1) is 11.3 Å². The molecule has 0 aromatic heterocycles. The van der Waals surface area contributed by atoms with Gasteiger partial charge in [-0.1, -0.05) is 24.3 Å². The first-order valence-electron chi connectivity index (χ1n) is 9.00. The van der Waals surface area contributed by atoms with Crippen molar-refractivity contribution in [3.05, 3.63) is 59.7 Å². The van der Waals surface area contributed by atoms with E-state index in [1.165, 1.54) is 0 Å². The number of nitrogens with one attached hydrogen (secondary N) is 1. The quantitative estimate of drug-likeness (QED) is 0.322. The number of benzene rings is 2. The maximum absolute atomic E-state index is 13.3. The molecular formula is C21H16F6N2O3. The van der Waals surface area contributed by atoms with E-state index >= 15 is 0 Å². The maximum atomic E-state index is 13.3. The summed E-state index contributed by atoms with van der Waals surface area (Å²) in [6.45, 7) is 2.09. The molecule has 1 unspecified atom stereocenters. The van der Waals surface area contributed by atoms with Gasteiger partial charge in [0.15, 0.2) is 0 Å². The molecule has 170 valence electrons. The van der Waals surface area contributed by atoms with E-state index < -0.39 is 30.1 Å². The molecule has 1 N–H and O–H groups in total.